The average Bonchev–Trinajstić information content (AvgIpc) is 1.92. The molecule has 0 bridgehead atoms. The van der Waals surface area contributed by atoms with E-state index in [-0.39, 0.29) is 12.5 Å². The minimum Gasteiger partial charge on any atom is -0.396 e. The van der Waals surface area contributed by atoms with Gasteiger partial charge in [0.05, 0.1) is 0 Å². The number of aliphatic hydroxyl groups excluding tert-OH is 1. The Morgan fingerprint density at radius 2 is 1.82 bits per heavy atom. The summed E-state index contributed by atoms with van der Waals surface area (Å²) in [6, 6.07) is 0. The van der Waals surface area contributed by atoms with E-state index in [0.717, 1.165) is 0 Å². The van der Waals surface area contributed by atoms with Gasteiger partial charge in [0.2, 0.25) is 5.91 Å². The lowest BCUT2D eigenvalue weighted by atomic mass is 9.89. The monoisotopic (exact) mass is 161 g/mol. The van der Waals surface area contributed by atoms with Crippen LogP contribution in [0.5, 0.6) is 0 Å². The van der Waals surface area contributed by atoms with Crippen molar-refractivity contribution in [3.05, 3.63) is 0 Å². The van der Waals surface area contributed by atoms with Crippen molar-refractivity contribution in [2.75, 3.05) is 6.61 Å². The molecule has 0 aromatic rings. The first-order chi connectivity index (χ1) is 5.00. The van der Waals surface area contributed by atoms with Crippen LogP contribution < -0.4 is 5.73 Å². The van der Waals surface area contributed by atoms with Crippen molar-refractivity contribution >= 4 is 5.91 Å². The molecule has 0 saturated carbocycles. The van der Waals surface area contributed by atoms with Gasteiger partial charge in [-0.05, 0) is 6.42 Å². The molecule has 68 valence electrons. The first kappa shape index (κ1) is 13.1. The molecule has 3 N–H and O–H groups in total. The molecule has 0 heterocycles. The van der Waals surface area contributed by atoms with Gasteiger partial charge in [-0.25, -0.2) is 0 Å². The van der Waals surface area contributed by atoms with Crippen molar-refractivity contribution in [2.24, 2.45) is 11.1 Å². The Balaban J connectivity index is 0. The van der Waals surface area contributed by atoms with Crippen LogP contribution in [0.15, 0.2) is 0 Å². The van der Waals surface area contributed by atoms with Crippen molar-refractivity contribution in [3.8, 4) is 0 Å². The topological polar surface area (TPSA) is 63.3 Å². The van der Waals surface area contributed by atoms with E-state index in [9.17, 15) is 4.79 Å². The van der Waals surface area contributed by atoms with Gasteiger partial charge in [-0.2, -0.15) is 0 Å². The highest BCUT2D eigenvalue weighted by Crippen LogP contribution is 2.17. The fourth-order valence-corrected chi connectivity index (χ4v) is 0.403. The Morgan fingerprint density at radius 1 is 1.45 bits per heavy atom. The van der Waals surface area contributed by atoms with Crippen LogP contribution in [-0.4, -0.2) is 17.6 Å². The number of rotatable bonds is 3. The first-order valence-electron chi connectivity index (χ1n) is 3.91. The third-order valence-electron chi connectivity index (χ3n) is 1.40. The molecule has 0 fully saturated rings. The minimum absolute atomic E-state index is 0.00986. The Hall–Kier alpha value is -0.570. The van der Waals surface area contributed by atoms with Crippen LogP contribution in [0.3, 0.4) is 0 Å². The average molecular weight is 161 g/mol. The Bertz CT molecular complexity index is 111. The van der Waals surface area contributed by atoms with Crippen LogP contribution in [0.2, 0.25) is 0 Å². The fraction of sp³-hybridized carbons (Fsp3) is 0.875. The van der Waals surface area contributed by atoms with E-state index >= 15 is 0 Å². The summed E-state index contributed by atoms with van der Waals surface area (Å²) >= 11 is 0. The fourth-order valence-electron chi connectivity index (χ4n) is 0.403. The van der Waals surface area contributed by atoms with Crippen LogP contribution in [0.4, 0.5) is 0 Å². The molecule has 0 unspecified atom stereocenters. The lowest BCUT2D eigenvalue weighted by Crippen LogP contribution is -2.32. The highest BCUT2D eigenvalue weighted by atomic mass is 16.3. The van der Waals surface area contributed by atoms with Gasteiger partial charge < -0.3 is 10.8 Å². The normalized spacial score (nSPS) is 9.91. The predicted octanol–water partition coefficient (Wildman–Crippen LogP) is 0.907. The number of carbonyl (C=O) groups excluding carboxylic acids is 1. The second-order valence-electron chi connectivity index (χ2n) is 2.72. The van der Waals surface area contributed by atoms with Crippen molar-refractivity contribution < 1.29 is 9.90 Å². The SMILES string of the molecule is CC.CC(C)(CCO)C(N)=O. The summed E-state index contributed by atoms with van der Waals surface area (Å²) < 4.78 is 0. The van der Waals surface area contributed by atoms with Crippen LogP contribution in [0.25, 0.3) is 0 Å². The molecule has 0 aliphatic rings. The molecule has 0 aromatic heterocycles. The maximum absolute atomic E-state index is 10.5. The molecule has 3 nitrogen and oxygen atoms in total. The summed E-state index contributed by atoms with van der Waals surface area (Å²) in [5.41, 5.74) is 4.45. The van der Waals surface area contributed by atoms with Crippen molar-refractivity contribution in [3.63, 3.8) is 0 Å². The summed E-state index contributed by atoms with van der Waals surface area (Å²) in [4.78, 5) is 10.5. The molecule has 0 rings (SSSR count). The number of nitrogens with two attached hydrogens (primary N) is 1. The van der Waals surface area contributed by atoms with Gasteiger partial charge in [-0.15, -0.1) is 0 Å². The van der Waals surface area contributed by atoms with Crippen LogP contribution in [-0.2, 0) is 4.79 Å². The zero-order chi connectivity index (χ0) is 9.49. The molecule has 0 saturated heterocycles. The Labute approximate surface area is 68.6 Å². The summed E-state index contributed by atoms with van der Waals surface area (Å²) in [6.45, 7) is 7.44. The molecule has 3 heteroatoms. The van der Waals surface area contributed by atoms with Crippen molar-refractivity contribution in [2.45, 2.75) is 34.1 Å². The highest BCUT2D eigenvalue weighted by molar-refractivity contribution is 5.79. The van der Waals surface area contributed by atoms with E-state index in [4.69, 9.17) is 10.8 Å². The Morgan fingerprint density at radius 3 is 1.91 bits per heavy atom. The number of hydrogen-bond acceptors (Lipinski definition) is 2. The van der Waals surface area contributed by atoms with E-state index in [1.807, 2.05) is 13.8 Å². The van der Waals surface area contributed by atoms with E-state index < -0.39 is 5.41 Å². The minimum atomic E-state index is -0.561. The zero-order valence-corrected chi connectivity index (χ0v) is 7.85. The third-order valence-corrected chi connectivity index (χ3v) is 1.40. The predicted molar refractivity (Wildman–Crippen MR) is 46.0 cm³/mol. The quantitative estimate of drug-likeness (QED) is 0.646. The number of hydrogen-bond donors (Lipinski definition) is 2. The van der Waals surface area contributed by atoms with E-state index in [0.29, 0.717) is 6.42 Å². The molecular formula is C8H19NO2. The van der Waals surface area contributed by atoms with Gasteiger partial charge in [0.1, 0.15) is 0 Å². The lowest BCUT2D eigenvalue weighted by Gasteiger charge is -2.17. The van der Waals surface area contributed by atoms with Crippen molar-refractivity contribution in [1.82, 2.24) is 0 Å². The molecule has 0 atom stereocenters. The van der Waals surface area contributed by atoms with Gasteiger partial charge in [0.25, 0.3) is 0 Å². The van der Waals surface area contributed by atoms with Gasteiger partial charge in [-0.1, -0.05) is 27.7 Å². The molecule has 0 aliphatic carbocycles. The number of carbonyl (C=O) groups is 1. The third kappa shape index (κ3) is 5.85. The standard InChI is InChI=1S/C6H13NO2.C2H6/c1-6(2,3-4-8)5(7)9;1-2/h8H,3-4H2,1-2H3,(H2,7,9);1-2H3. The second-order valence-corrected chi connectivity index (χ2v) is 2.72. The van der Waals surface area contributed by atoms with Crippen molar-refractivity contribution in [1.29, 1.82) is 0 Å². The van der Waals surface area contributed by atoms with E-state index in [1.54, 1.807) is 13.8 Å². The maximum atomic E-state index is 10.5. The van der Waals surface area contributed by atoms with E-state index in [2.05, 4.69) is 0 Å². The van der Waals surface area contributed by atoms with Crippen LogP contribution >= 0.6 is 0 Å². The van der Waals surface area contributed by atoms with Gasteiger partial charge >= 0.3 is 0 Å². The highest BCUT2D eigenvalue weighted by Gasteiger charge is 2.23. The molecule has 0 spiro atoms. The second kappa shape index (κ2) is 6.16. The number of aliphatic hydroxyl groups is 1. The summed E-state index contributed by atoms with van der Waals surface area (Å²) in [5, 5.41) is 8.44. The summed E-state index contributed by atoms with van der Waals surface area (Å²) in [5.74, 6) is -0.364. The van der Waals surface area contributed by atoms with Gasteiger partial charge in [0, 0.05) is 12.0 Å². The first-order valence-corrected chi connectivity index (χ1v) is 3.91. The molecule has 0 radical (unpaired) electrons. The lowest BCUT2D eigenvalue weighted by molar-refractivity contribution is -0.126. The number of amides is 1. The molecule has 0 aromatic carbocycles. The Kier molecular flexibility index (Phi) is 7.31. The number of primary amides is 1. The molecular weight excluding hydrogens is 142 g/mol. The maximum Gasteiger partial charge on any atom is 0.223 e. The van der Waals surface area contributed by atoms with Crippen LogP contribution in [0.1, 0.15) is 34.1 Å². The van der Waals surface area contributed by atoms with Gasteiger partial charge in [0.15, 0.2) is 0 Å². The van der Waals surface area contributed by atoms with E-state index in [1.165, 1.54) is 0 Å². The van der Waals surface area contributed by atoms with Gasteiger partial charge in [-0.3, -0.25) is 4.79 Å². The zero-order valence-electron chi connectivity index (χ0n) is 7.85. The largest absolute Gasteiger partial charge is 0.396 e. The molecule has 11 heavy (non-hydrogen) atoms. The smallest absolute Gasteiger partial charge is 0.223 e. The summed E-state index contributed by atoms with van der Waals surface area (Å²) in [7, 11) is 0. The molecule has 0 aliphatic heterocycles. The van der Waals surface area contributed by atoms with Crippen LogP contribution in [0, 0.1) is 5.41 Å². The summed E-state index contributed by atoms with van der Waals surface area (Å²) in [6.07, 6.45) is 0.433. The molecule has 1 amide bonds.